The molecule has 3 rings (SSSR count). The second-order valence-corrected chi connectivity index (χ2v) is 5.98. The van der Waals surface area contributed by atoms with Crippen molar-refractivity contribution in [3.63, 3.8) is 0 Å². The quantitative estimate of drug-likeness (QED) is 0.877. The zero-order valence-corrected chi connectivity index (χ0v) is 13.6. The van der Waals surface area contributed by atoms with Crippen molar-refractivity contribution in [1.82, 2.24) is 15.3 Å². The minimum atomic E-state index is -0.0259. The summed E-state index contributed by atoms with van der Waals surface area (Å²) in [4.78, 5) is 23.1. The van der Waals surface area contributed by atoms with Gasteiger partial charge in [-0.15, -0.1) is 6.58 Å². The minimum Gasteiger partial charge on any atom is -0.443 e. The van der Waals surface area contributed by atoms with Gasteiger partial charge >= 0.3 is 0 Å². The third-order valence-corrected chi connectivity index (χ3v) is 4.46. The van der Waals surface area contributed by atoms with E-state index >= 15 is 0 Å². The van der Waals surface area contributed by atoms with Crippen LogP contribution in [0.2, 0.25) is 0 Å². The van der Waals surface area contributed by atoms with E-state index in [1.165, 1.54) is 6.33 Å². The van der Waals surface area contributed by atoms with Crippen LogP contribution in [0, 0.1) is 19.8 Å². The SMILES string of the molecule is C=CCNC(=O)C1CCCN(c2ncnc3oc(C)c(C)c23)C1. The lowest BCUT2D eigenvalue weighted by molar-refractivity contribution is -0.125. The maximum Gasteiger partial charge on any atom is 0.231 e. The number of fused-ring (bicyclic) bond motifs is 1. The van der Waals surface area contributed by atoms with Gasteiger partial charge in [0.2, 0.25) is 11.6 Å². The Morgan fingerprint density at radius 3 is 3.13 bits per heavy atom. The van der Waals surface area contributed by atoms with Crippen LogP contribution in [0.3, 0.4) is 0 Å². The third kappa shape index (κ3) is 2.93. The molecule has 1 saturated heterocycles. The molecule has 2 aromatic heterocycles. The van der Waals surface area contributed by atoms with E-state index in [0.29, 0.717) is 18.8 Å². The van der Waals surface area contributed by atoms with E-state index in [1.54, 1.807) is 6.08 Å². The summed E-state index contributed by atoms with van der Waals surface area (Å²) in [7, 11) is 0. The van der Waals surface area contributed by atoms with Crippen molar-refractivity contribution in [2.45, 2.75) is 26.7 Å². The van der Waals surface area contributed by atoms with Gasteiger partial charge in [0.25, 0.3) is 0 Å². The number of furan rings is 1. The molecule has 0 saturated carbocycles. The second-order valence-electron chi connectivity index (χ2n) is 5.98. The summed E-state index contributed by atoms with van der Waals surface area (Å²) in [6.45, 7) is 9.65. The summed E-state index contributed by atoms with van der Waals surface area (Å²) >= 11 is 0. The molecule has 1 aliphatic heterocycles. The summed E-state index contributed by atoms with van der Waals surface area (Å²) in [6, 6.07) is 0. The number of aromatic nitrogens is 2. The van der Waals surface area contributed by atoms with Crippen molar-refractivity contribution in [2.24, 2.45) is 5.92 Å². The number of nitrogens with one attached hydrogen (secondary N) is 1. The van der Waals surface area contributed by atoms with Crippen LogP contribution in [0.15, 0.2) is 23.4 Å². The molecule has 1 amide bonds. The molecule has 0 aliphatic carbocycles. The molecule has 6 nitrogen and oxygen atoms in total. The lowest BCUT2D eigenvalue weighted by Gasteiger charge is -2.33. The standard InChI is InChI=1S/C17H22N4O2/c1-4-7-18-16(22)13-6-5-8-21(9-13)15-14-11(2)12(3)23-17(14)20-10-19-15/h4,10,13H,1,5-9H2,2-3H3,(H,18,22). The molecule has 0 bridgehead atoms. The van der Waals surface area contributed by atoms with E-state index < -0.39 is 0 Å². The molecule has 2 aromatic rings. The zero-order chi connectivity index (χ0) is 16.4. The highest BCUT2D eigenvalue weighted by molar-refractivity contribution is 5.90. The van der Waals surface area contributed by atoms with Gasteiger partial charge in [-0.2, -0.15) is 0 Å². The number of carbonyl (C=O) groups excluding carboxylic acids is 1. The first-order valence-electron chi connectivity index (χ1n) is 7.96. The predicted octanol–water partition coefficient (Wildman–Crippen LogP) is 2.36. The van der Waals surface area contributed by atoms with Crippen molar-refractivity contribution in [1.29, 1.82) is 0 Å². The molecule has 0 aromatic carbocycles. The molecular weight excluding hydrogens is 292 g/mol. The topological polar surface area (TPSA) is 71.3 Å². The first-order valence-corrected chi connectivity index (χ1v) is 7.96. The second kappa shape index (κ2) is 6.40. The molecule has 23 heavy (non-hydrogen) atoms. The van der Waals surface area contributed by atoms with Crippen LogP contribution in [0.25, 0.3) is 11.1 Å². The third-order valence-electron chi connectivity index (χ3n) is 4.46. The number of nitrogens with zero attached hydrogens (tertiary/aromatic N) is 3. The van der Waals surface area contributed by atoms with Gasteiger partial charge in [0, 0.05) is 25.2 Å². The van der Waals surface area contributed by atoms with Gasteiger partial charge in [0.1, 0.15) is 17.9 Å². The Bertz CT molecular complexity index is 738. The van der Waals surface area contributed by atoms with E-state index in [2.05, 4.69) is 26.8 Å². The molecule has 1 fully saturated rings. The fraction of sp³-hybridized carbons (Fsp3) is 0.471. The van der Waals surface area contributed by atoms with Crippen LogP contribution in [0.5, 0.6) is 0 Å². The molecule has 1 unspecified atom stereocenters. The number of hydrogen-bond donors (Lipinski definition) is 1. The van der Waals surface area contributed by atoms with Gasteiger partial charge < -0.3 is 14.6 Å². The van der Waals surface area contributed by atoms with Crippen LogP contribution < -0.4 is 10.2 Å². The van der Waals surface area contributed by atoms with Gasteiger partial charge in [0.15, 0.2) is 0 Å². The Kier molecular flexibility index (Phi) is 4.32. The fourth-order valence-corrected chi connectivity index (χ4v) is 3.10. The fourth-order valence-electron chi connectivity index (χ4n) is 3.10. The first-order chi connectivity index (χ1) is 11.1. The van der Waals surface area contributed by atoms with Crippen molar-refractivity contribution < 1.29 is 9.21 Å². The van der Waals surface area contributed by atoms with E-state index in [0.717, 1.165) is 41.9 Å². The Hall–Kier alpha value is -2.37. The van der Waals surface area contributed by atoms with Gasteiger partial charge in [-0.05, 0) is 26.7 Å². The maximum atomic E-state index is 12.2. The van der Waals surface area contributed by atoms with Gasteiger partial charge in [-0.3, -0.25) is 4.79 Å². The molecule has 122 valence electrons. The normalized spacial score (nSPS) is 18.2. The Balaban J connectivity index is 1.87. The lowest BCUT2D eigenvalue weighted by atomic mass is 9.97. The molecule has 1 atom stereocenters. The highest BCUT2D eigenvalue weighted by Crippen LogP contribution is 2.32. The molecule has 1 N–H and O–H groups in total. The monoisotopic (exact) mass is 314 g/mol. The molecule has 0 spiro atoms. The number of aryl methyl sites for hydroxylation is 2. The van der Waals surface area contributed by atoms with Crippen molar-refractivity contribution in [2.75, 3.05) is 24.5 Å². The van der Waals surface area contributed by atoms with Crippen molar-refractivity contribution >= 4 is 22.8 Å². The predicted molar refractivity (Wildman–Crippen MR) is 89.4 cm³/mol. The van der Waals surface area contributed by atoms with Crippen molar-refractivity contribution in [3.05, 3.63) is 30.3 Å². The van der Waals surface area contributed by atoms with Crippen LogP contribution in [-0.2, 0) is 4.79 Å². The Morgan fingerprint density at radius 1 is 1.52 bits per heavy atom. The zero-order valence-electron chi connectivity index (χ0n) is 13.6. The molecule has 0 radical (unpaired) electrons. The average molecular weight is 314 g/mol. The molecule has 3 heterocycles. The Morgan fingerprint density at radius 2 is 2.35 bits per heavy atom. The number of amides is 1. The van der Waals surface area contributed by atoms with Gasteiger partial charge in [-0.1, -0.05) is 6.08 Å². The smallest absolute Gasteiger partial charge is 0.231 e. The van der Waals surface area contributed by atoms with Crippen LogP contribution >= 0.6 is 0 Å². The van der Waals surface area contributed by atoms with Crippen molar-refractivity contribution in [3.8, 4) is 0 Å². The first kappa shape index (κ1) is 15.5. The lowest BCUT2D eigenvalue weighted by Crippen LogP contribution is -2.43. The largest absolute Gasteiger partial charge is 0.443 e. The summed E-state index contributed by atoms with van der Waals surface area (Å²) in [5, 5.41) is 3.85. The van der Waals surface area contributed by atoms with Crippen LogP contribution in [0.1, 0.15) is 24.2 Å². The van der Waals surface area contributed by atoms with Crippen LogP contribution in [0.4, 0.5) is 5.82 Å². The van der Waals surface area contributed by atoms with E-state index in [9.17, 15) is 4.79 Å². The number of piperidine rings is 1. The molecular formula is C17H22N4O2. The van der Waals surface area contributed by atoms with E-state index in [1.807, 2.05) is 13.8 Å². The van der Waals surface area contributed by atoms with E-state index in [4.69, 9.17) is 4.42 Å². The summed E-state index contributed by atoms with van der Waals surface area (Å²) in [5.41, 5.74) is 1.68. The summed E-state index contributed by atoms with van der Waals surface area (Å²) < 4.78 is 5.69. The number of anilines is 1. The number of hydrogen-bond acceptors (Lipinski definition) is 5. The molecule has 6 heteroatoms. The highest BCUT2D eigenvalue weighted by atomic mass is 16.3. The number of carbonyl (C=O) groups is 1. The summed E-state index contributed by atoms with van der Waals surface area (Å²) in [6.07, 6.45) is 5.09. The average Bonchev–Trinajstić information content (AvgIpc) is 2.87. The van der Waals surface area contributed by atoms with Gasteiger partial charge in [-0.25, -0.2) is 9.97 Å². The maximum absolute atomic E-state index is 12.2. The minimum absolute atomic E-state index is 0.0259. The summed E-state index contributed by atoms with van der Waals surface area (Å²) in [5.74, 6) is 1.78. The van der Waals surface area contributed by atoms with Gasteiger partial charge in [0.05, 0.1) is 11.3 Å². The van der Waals surface area contributed by atoms with Crippen LogP contribution in [-0.4, -0.2) is 35.5 Å². The highest BCUT2D eigenvalue weighted by Gasteiger charge is 2.28. The number of rotatable bonds is 4. The van der Waals surface area contributed by atoms with E-state index in [-0.39, 0.29) is 11.8 Å². The Labute approximate surface area is 135 Å². The molecule has 1 aliphatic rings.